The first-order valence-electron chi connectivity index (χ1n) is 4.37. The lowest BCUT2D eigenvalue weighted by atomic mass is 10.1. The largest absolute Gasteiger partial charge is 0.497 e. The molecule has 2 aromatic rings. The lowest BCUT2D eigenvalue weighted by Crippen LogP contribution is -1.84. The highest BCUT2D eigenvalue weighted by Crippen LogP contribution is 2.24. The van der Waals surface area contributed by atoms with Crippen molar-refractivity contribution in [3.63, 3.8) is 0 Å². The Kier molecular flexibility index (Phi) is 2.27. The SMILES string of the molecule is COc1c[c]c2ccc(OC)cc2c1. The molecule has 0 atom stereocenters. The molecule has 0 aromatic heterocycles. The van der Waals surface area contributed by atoms with Gasteiger partial charge < -0.3 is 9.47 Å². The highest BCUT2D eigenvalue weighted by atomic mass is 16.5. The van der Waals surface area contributed by atoms with Crippen LogP contribution < -0.4 is 9.47 Å². The first kappa shape index (κ1) is 8.88. The maximum atomic E-state index is 5.14. The number of benzene rings is 2. The number of hydrogen-bond donors (Lipinski definition) is 0. The minimum Gasteiger partial charge on any atom is -0.497 e. The molecule has 0 heterocycles. The Morgan fingerprint density at radius 2 is 1.71 bits per heavy atom. The Morgan fingerprint density at radius 3 is 2.43 bits per heavy atom. The molecule has 2 rings (SSSR count). The molecular weight excluding hydrogens is 176 g/mol. The summed E-state index contributed by atoms with van der Waals surface area (Å²) in [5, 5.41) is 2.13. The van der Waals surface area contributed by atoms with Gasteiger partial charge in [0, 0.05) is 0 Å². The van der Waals surface area contributed by atoms with E-state index >= 15 is 0 Å². The normalized spacial score (nSPS) is 10.1. The van der Waals surface area contributed by atoms with Crippen LogP contribution in [0, 0.1) is 6.07 Å². The van der Waals surface area contributed by atoms with Crippen molar-refractivity contribution in [3.8, 4) is 11.5 Å². The lowest BCUT2D eigenvalue weighted by molar-refractivity contribution is 0.414. The molecule has 0 aliphatic rings. The molecule has 14 heavy (non-hydrogen) atoms. The standard InChI is InChI=1S/C12H11O2/c1-13-11-5-3-9-4-6-12(14-2)8-10(9)7-11/h3,5-8H,1-2H3. The molecule has 0 saturated carbocycles. The van der Waals surface area contributed by atoms with Gasteiger partial charge in [-0.15, -0.1) is 0 Å². The monoisotopic (exact) mass is 187 g/mol. The highest BCUT2D eigenvalue weighted by molar-refractivity contribution is 5.84. The zero-order valence-electron chi connectivity index (χ0n) is 8.20. The summed E-state index contributed by atoms with van der Waals surface area (Å²) >= 11 is 0. The van der Waals surface area contributed by atoms with Crippen molar-refractivity contribution in [2.45, 2.75) is 0 Å². The summed E-state index contributed by atoms with van der Waals surface area (Å²) in [7, 11) is 3.31. The van der Waals surface area contributed by atoms with Crippen molar-refractivity contribution in [3.05, 3.63) is 36.4 Å². The third-order valence-corrected chi connectivity index (χ3v) is 2.16. The molecule has 0 amide bonds. The predicted molar refractivity (Wildman–Crippen MR) is 55.9 cm³/mol. The molecular formula is C12H11O2. The van der Waals surface area contributed by atoms with Gasteiger partial charge in [-0.1, -0.05) is 6.07 Å². The van der Waals surface area contributed by atoms with Gasteiger partial charge in [0.25, 0.3) is 0 Å². The van der Waals surface area contributed by atoms with Crippen LogP contribution in [-0.2, 0) is 0 Å². The summed E-state index contributed by atoms with van der Waals surface area (Å²) in [4.78, 5) is 0. The van der Waals surface area contributed by atoms with Crippen molar-refractivity contribution in [1.29, 1.82) is 0 Å². The van der Waals surface area contributed by atoms with E-state index in [1.165, 1.54) is 0 Å². The fourth-order valence-electron chi connectivity index (χ4n) is 1.38. The second-order valence-corrected chi connectivity index (χ2v) is 2.99. The minimum absolute atomic E-state index is 0.811. The van der Waals surface area contributed by atoms with Crippen LogP contribution in [0.1, 0.15) is 0 Å². The van der Waals surface area contributed by atoms with E-state index in [4.69, 9.17) is 9.47 Å². The molecule has 0 unspecified atom stereocenters. The number of methoxy groups -OCH3 is 2. The molecule has 0 fully saturated rings. The average molecular weight is 187 g/mol. The van der Waals surface area contributed by atoms with Gasteiger partial charge in [-0.2, -0.15) is 0 Å². The molecule has 1 radical (unpaired) electrons. The third kappa shape index (κ3) is 1.51. The highest BCUT2D eigenvalue weighted by Gasteiger charge is 1.98. The first-order chi connectivity index (χ1) is 6.83. The van der Waals surface area contributed by atoms with Gasteiger partial charge in [-0.25, -0.2) is 0 Å². The molecule has 2 aromatic carbocycles. The van der Waals surface area contributed by atoms with E-state index in [9.17, 15) is 0 Å². The van der Waals surface area contributed by atoms with E-state index in [2.05, 4.69) is 6.07 Å². The second kappa shape index (κ2) is 3.58. The van der Waals surface area contributed by atoms with Crippen molar-refractivity contribution >= 4 is 10.8 Å². The van der Waals surface area contributed by atoms with E-state index < -0.39 is 0 Å². The van der Waals surface area contributed by atoms with Crippen molar-refractivity contribution in [1.82, 2.24) is 0 Å². The van der Waals surface area contributed by atoms with E-state index in [1.807, 2.05) is 30.3 Å². The number of hydrogen-bond acceptors (Lipinski definition) is 2. The van der Waals surface area contributed by atoms with Crippen LogP contribution in [0.4, 0.5) is 0 Å². The van der Waals surface area contributed by atoms with Crippen LogP contribution in [-0.4, -0.2) is 14.2 Å². The molecule has 0 saturated heterocycles. The maximum Gasteiger partial charge on any atom is 0.120 e. The van der Waals surface area contributed by atoms with Crippen molar-refractivity contribution < 1.29 is 9.47 Å². The Morgan fingerprint density at radius 1 is 1.00 bits per heavy atom. The molecule has 2 heteroatoms. The van der Waals surface area contributed by atoms with Gasteiger partial charge in [0.2, 0.25) is 0 Å². The zero-order chi connectivity index (χ0) is 9.97. The summed E-state index contributed by atoms with van der Waals surface area (Å²) in [6.45, 7) is 0. The summed E-state index contributed by atoms with van der Waals surface area (Å²) in [5.74, 6) is 1.66. The molecule has 71 valence electrons. The van der Waals surface area contributed by atoms with Gasteiger partial charge in [0.15, 0.2) is 0 Å². The van der Waals surface area contributed by atoms with Crippen molar-refractivity contribution in [2.75, 3.05) is 14.2 Å². The topological polar surface area (TPSA) is 18.5 Å². The molecule has 0 bridgehead atoms. The van der Waals surface area contributed by atoms with Crippen LogP contribution in [0.5, 0.6) is 11.5 Å². The summed E-state index contributed by atoms with van der Waals surface area (Å²) in [5.41, 5.74) is 0. The maximum absolute atomic E-state index is 5.14. The van der Waals surface area contributed by atoms with E-state index in [0.29, 0.717) is 0 Å². The lowest BCUT2D eigenvalue weighted by Gasteiger charge is -2.04. The fourth-order valence-corrected chi connectivity index (χ4v) is 1.38. The van der Waals surface area contributed by atoms with Gasteiger partial charge in [-0.05, 0) is 41.1 Å². The van der Waals surface area contributed by atoms with Crippen LogP contribution in [0.15, 0.2) is 30.3 Å². The van der Waals surface area contributed by atoms with Crippen molar-refractivity contribution in [2.24, 2.45) is 0 Å². The number of ether oxygens (including phenoxy) is 2. The molecule has 0 aliphatic heterocycles. The van der Waals surface area contributed by atoms with Crippen LogP contribution in [0.2, 0.25) is 0 Å². The summed E-state index contributed by atoms with van der Waals surface area (Å²) < 4.78 is 10.3. The van der Waals surface area contributed by atoms with E-state index in [1.54, 1.807) is 14.2 Å². The van der Waals surface area contributed by atoms with Crippen LogP contribution in [0.3, 0.4) is 0 Å². The van der Waals surface area contributed by atoms with Crippen LogP contribution in [0.25, 0.3) is 10.8 Å². The molecule has 2 nitrogen and oxygen atoms in total. The molecule has 0 N–H and O–H groups in total. The molecule has 0 aliphatic carbocycles. The smallest absolute Gasteiger partial charge is 0.120 e. The predicted octanol–water partition coefficient (Wildman–Crippen LogP) is 2.66. The van der Waals surface area contributed by atoms with E-state index in [-0.39, 0.29) is 0 Å². The van der Waals surface area contributed by atoms with Gasteiger partial charge in [0.1, 0.15) is 11.5 Å². The Labute approximate surface area is 83.1 Å². The van der Waals surface area contributed by atoms with Gasteiger partial charge >= 0.3 is 0 Å². The first-order valence-corrected chi connectivity index (χ1v) is 4.37. The van der Waals surface area contributed by atoms with Crippen LogP contribution >= 0.6 is 0 Å². The zero-order valence-corrected chi connectivity index (χ0v) is 8.20. The number of fused-ring (bicyclic) bond motifs is 1. The number of rotatable bonds is 2. The van der Waals surface area contributed by atoms with E-state index in [0.717, 1.165) is 22.3 Å². The summed E-state index contributed by atoms with van der Waals surface area (Å²) in [6.07, 6.45) is 0. The Hall–Kier alpha value is -1.70. The average Bonchev–Trinajstić information content (AvgIpc) is 2.27. The Balaban J connectivity index is 2.60. The quantitative estimate of drug-likeness (QED) is 0.719. The third-order valence-electron chi connectivity index (χ3n) is 2.16. The van der Waals surface area contributed by atoms with Gasteiger partial charge in [0.05, 0.1) is 14.2 Å². The van der Waals surface area contributed by atoms with Gasteiger partial charge in [-0.3, -0.25) is 0 Å². The summed E-state index contributed by atoms with van der Waals surface area (Å²) in [6, 6.07) is 12.8. The fraction of sp³-hybridized carbons (Fsp3) is 0.167. The minimum atomic E-state index is 0.811. The Bertz CT molecular complexity index is 410. The second-order valence-electron chi connectivity index (χ2n) is 2.99. The molecule has 0 spiro atoms.